The number of allylic oxidation sites excluding steroid dienone is 2. The fraction of sp³-hybridized carbons (Fsp3) is 0.176. The lowest BCUT2D eigenvalue weighted by Crippen LogP contribution is -2.02. The van der Waals surface area contributed by atoms with Gasteiger partial charge in [-0.15, -0.1) is 0 Å². The van der Waals surface area contributed by atoms with Crippen molar-refractivity contribution in [3.63, 3.8) is 0 Å². The Morgan fingerprint density at radius 1 is 0.833 bits per heavy atom. The van der Waals surface area contributed by atoms with Gasteiger partial charge in [-0.3, -0.25) is 0 Å². The molecule has 88 valence electrons. The zero-order chi connectivity index (χ0) is 11.9. The maximum atomic E-state index is 2.31. The largest absolute Gasteiger partial charge is 0.0622 e. The predicted molar refractivity (Wildman–Crippen MR) is 79.5 cm³/mol. The molecule has 4 rings (SSSR count). The van der Waals surface area contributed by atoms with E-state index in [0.717, 1.165) is 0 Å². The van der Waals surface area contributed by atoms with E-state index >= 15 is 0 Å². The maximum absolute atomic E-state index is 2.31. The van der Waals surface area contributed by atoms with E-state index in [1.807, 2.05) is 0 Å². The lowest BCUT2D eigenvalue weighted by molar-refractivity contribution is 1.26. The zero-order valence-electron chi connectivity index (χ0n) is 10.3. The second kappa shape index (κ2) is 4.07. The van der Waals surface area contributed by atoms with Crippen molar-refractivity contribution < 1.29 is 0 Å². The average molecular weight is 250 g/mol. The SMILES string of the molecule is c1ccc(P2CCC3=C2Cc2ccccc23)cc1. The molecule has 2 aromatic rings. The molecule has 1 heterocycles. The van der Waals surface area contributed by atoms with Gasteiger partial charge >= 0.3 is 0 Å². The van der Waals surface area contributed by atoms with Crippen molar-refractivity contribution in [3.05, 3.63) is 71.0 Å². The molecule has 0 saturated heterocycles. The monoisotopic (exact) mass is 250 g/mol. The van der Waals surface area contributed by atoms with Crippen molar-refractivity contribution in [1.82, 2.24) is 0 Å². The van der Waals surface area contributed by atoms with Crippen LogP contribution in [-0.4, -0.2) is 6.16 Å². The van der Waals surface area contributed by atoms with Gasteiger partial charge in [-0.25, -0.2) is 0 Å². The van der Waals surface area contributed by atoms with Gasteiger partial charge in [0, 0.05) is 0 Å². The summed E-state index contributed by atoms with van der Waals surface area (Å²) >= 11 is 0. The minimum absolute atomic E-state index is 0.0473. The van der Waals surface area contributed by atoms with Crippen molar-refractivity contribution in [2.24, 2.45) is 0 Å². The number of fused-ring (bicyclic) bond motifs is 2. The van der Waals surface area contributed by atoms with Crippen LogP contribution in [0.5, 0.6) is 0 Å². The topological polar surface area (TPSA) is 0 Å². The molecule has 0 aromatic heterocycles. The predicted octanol–water partition coefficient (Wildman–Crippen LogP) is 4.16. The first-order valence-corrected chi connectivity index (χ1v) is 8.09. The van der Waals surface area contributed by atoms with Crippen molar-refractivity contribution in [1.29, 1.82) is 0 Å². The summed E-state index contributed by atoms with van der Waals surface area (Å²) in [6.07, 6.45) is 3.84. The zero-order valence-corrected chi connectivity index (χ0v) is 11.2. The van der Waals surface area contributed by atoms with Crippen LogP contribution >= 0.6 is 7.92 Å². The van der Waals surface area contributed by atoms with Gasteiger partial charge in [-0.05, 0) is 54.2 Å². The van der Waals surface area contributed by atoms with Crippen molar-refractivity contribution in [3.8, 4) is 0 Å². The minimum Gasteiger partial charge on any atom is -0.0622 e. The number of benzene rings is 2. The van der Waals surface area contributed by atoms with Gasteiger partial charge in [-0.2, -0.15) is 0 Å². The van der Waals surface area contributed by atoms with Crippen molar-refractivity contribution in [2.45, 2.75) is 12.8 Å². The highest BCUT2D eigenvalue weighted by Gasteiger charge is 2.32. The van der Waals surface area contributed by atoms with Gasteiger partial charge in [0.15, 0.2) is 0 Å². The van der Waals surface area contributed by atoms with Crippen LogP contribution in [-0.2, 0) is 6.42 Å². The second-order valence-corrected chi connectivity index (χ2v) is 7.36. The first-order valence-electron chi connectivity index (χ1n) is 6.56. The molecule has 0 fully saturated rings. The molecule has 1 atom stereocenters. The fourth-order valence-electron chi connectivity index (χ4n) is 3.20. The summed E-state index contributed by atoms with van der Waals surface area (Å²) in [4.78, 5) is 0. The van der Waals surface area contributed by atoms with E-state index in [1.165, 1.54) is 24.6 Å². The highest BCUT2D eigenvalue weighted by molar-refractivity contribution is 7.70. The summed E-state index contributed by atoms with van der Waals surface area (Å²) in [5.74, 6) is 0. The Balaban J connectivity index is 1.77. The van der Waals surface area contributed by atoms with Gasteiger partial charge in [0.05, 0.1) is 0 Å². The molecule has 1 unspecified atom stereocenters. The first kappa shape index (κ1) is 10.5. The number of hydrogen-bond donors (Lipinski definition) is 0. The third kappa shape index (κ3) is 1.49. The highest BCUT2D eigenvalue weighted by Crippen LogP contribution is 2.59. The van der Waals surface area contributed by atoms with Crippen LogP contribution < -0.4 is 5.30 Å². The van der Waals surface area contributed by atoms with Gasteiger partial charge in [-0.1, -0.05) is 54.6 Å². The summed E-state index contributed by atoms with van der Waals surface area (Å²) in [7, 11) is -0.0473. The van der Waals surface area contributed by atoms with Crippen molar-refractivity contribution in [2.75, 3.05) is 6.16 Å². The average Bonchev–Trinajstić information content (AvgIpc) is 2.98. The Kier molecular flexibility index (Phi) is 2.38. The Morgan fingerprint density at radius 3 is 2.50 bits per heavy atom. The number of hydrogen-bond acceptors (Lipinski definition) is 0. The molecule has 0 spiro atoms. The van der Waals surface area contributed by atoms with Gasteiger partial charge in [0.2, 0.25) is 0 Å². The van der Waals surface area contributed by atoms with Crippen LogP contribution in [0.3, 0.4) is 0 Å². The molecule has 1 heteroatoms. The molecule has 0 amide bonds. The molecule has 0 N–H and O–H groups in total. The van der Waals surface area contributed by atoms with Gasteiger partial charge < -0.3 is 0 Å². The molecule has 2 aromatic carbocycles. The molecule has 0 bridgehead atoms. The van der Waals surface area contributed by atoms with Crippen LogP contribution in [0.25, 0.3) is 5.57 Å². The van der Waals surface area contributed by atoms with E-state index < -0.39 is 0 Å². The molecule has 0 radical (unpaired) electrons. The van der Waals surface area contributed by atoms with Crippen LogP contribution in [0.4, 0.5) is 0 Å². The number of rotatable bonds is 1. The van der Waals surface area contributed by atoms with Gasteiger partial charge in [0.1, 0.15) is 0 Å². The minimum atomic E-state index is -0.0473. The Bertz CT molecular complexity index is 625. The summed E-state index contributed by atoms with van der Waals surface area (Å²) in [5.41, 5.74) is 4.75. The van der Waals surface area contributed by atoms with E-state index in [-0.39, 0.29) is 7.92 Å². The van der Waals surface area contributed by atoms with Gasteiger partial charge in [0.25, 0.3) is 0 Å². The van der Waals surface area contributed by atoms with Crippen molar-refractivity contribution >= 4 is 18.8 Å². The fourth-order valence-corrected chi connectivity index (χ4v) is 5.94. The third-order valence-electron chi connectivity index (χ3n) is 4.03. The molecule has 1 aliphatic carbocycles. The molecular weight excluding hydrogens is 235 g/mol. The summed E-state index contributed by atoms with van der Waals surface area (Å²) in [6.45, 7) is 0. The molecule has 2 aliphatic rings. The van der Waals surface area contributed by atoms with E-state index in [4.69, 9.17) is 0 Å². The quantitative estimate of drug-likeness (QED) is 0.666. The van der Waals surface area contributed by atoms with Crippen LogP contribution in [0.2, 0.25) is 0 Å². The third-order valence-corrected chi connectivity index (χ3v) is 6.70. The summed E-state index contributed by atoms with van der Waals surface area (Å²) in [5, 5.41) is 3.31. The smallest absolute Gasteiger partial charge is 0.000908 e. The van der Waals surface area contributed by atoms with Crippen LogP contribution in [0.1, 0.15) is 17.5 Å². The van der Waals surface area contributed by atoms with E-state index in [1.54, 1.807) is 21.8 Å². The Labute approximate surface area is 109 Å². The van der Waals surface area contributed by atoms with E-state index in [9.17, 15) is 0 Å². The lowest BCUT2D eigenvalue weighted by Gasteiger charge is -2.14. The van der Waals surface area contributed by atoms with Crippen LogP contribution in [0.15, 0.2) is 59.9 Å². The normalized spacial score (nSPS) is 21.0. The summed E-state index contributed by atoms with van der Waals surface area (Å²) in [6, 6.07) is 20.1. The lowest BCUT2D eigenvalue weighted by atomic mass is 10.0. The molecule has 1 aliphatic heterocycles. The first-order chi connectivity index (χ1) is 8.93. The molecule has 18 heavy (non-hydrogen) atoms. The Hall–Kier alpha value is -1.39. The van der Waals surface area contributed by atoms with E-state index in [2.05, 4.69) is 54.6 Å². The second-order valence-electron chi connectivity index (χ2n) is 5.00. The Morgan fingerprint density at radius 2 is 1.61 bits per heavy atom. The molecule has 0 nitrogen and oxygen atoms in total. The standard InChI is InChI=1S/C17H15P/c1-2-7-14(8-3-1)18-11-10-16-15-9-5-4-6-13(15)12-17(16)18/h1-9H,10-12H2. The molecule has 0 saturated carbocycles. The molecular formula is C17H15P. The summed E-state index contributed by atoms with van der Waals surface area (Å²) < 4.78 is 0. The maximum Gasteiger partial charge on any atom is -0.000908 e. The van der Waals surface area contributed by atoms with Crippen LogP contribution in [0, 0.1) is 0 Å². The van der Waals surface area contributed by atoms with E-state index in [0.29, 0.717) is 0 Å². The highest BCUT2D eigenvalue weighted by atomic mass is 31.1.